The molecule has 0 unspecified atom stereocenters. The van der Waals surface area contributed by atoms with Crippen molar-refractivity contribution in [3.8, 4) is 0 Å². The van der Waals surface area contributed by atoms with Crippen LogP contribution in [0, 0.1) is 0 Å². The second-order valence-corrected chi connectivity index (χ2v) is 5.54. The van der Waals surface area contributed by atoms with Gasteiger partial charge in [0, 0.05) is 5.56 Å². The molecular weight excluding hydrogens is 244 g/mol. The van der Waals surface area contributed by atoms with E-state index in [9.17, 15) is 4.79 Å². The number of Topliss-reactive ketones (excluding diaryl/α,β-unsaturated/α-hetero) is 1. The van der Waals surface area contributed by atoms with Crippen molar-refractivity contribution in [1.82, 2.24) is 0 Å². The highest BCUT2D eigenvalue weighted by atomic mass is 16.1. The van der Waals surface area contributed by atoms with Crippen LogP contribution in [0.15, 0.2) is 54.1 Å². The molecule has 20 heavy (non-hydrogen) atoms. The van der Waals surface area contributed by atoms with Crippen LogP contribution in [0.3, 0.4) is 0 Å². The molecule has 2 aromatic carbocycles. The molecule has 0 amide bonds. The van der Waals surface area contributed by atoms with Crippen LogP contribution >= 0.6 is 0 Å². The van der Waals surface area contributed by atoms with Gasteiger partial charge < -0.3 is 0 Å². The third kappa shape index (κ3) is 2.67. The molecule has 0 saturated heterocycles. The topological polar surface area (TPSA) is 17.1 Å². The average molecular weight is 264 g/mol. The predicted octanol–water partition coefficient (Wildman–Crippen LogP) is 5.30. The molecule has 0 aliphatic heterocycles. The number of fused-ring (bicyclic) bond motifs is 1. The number of hydrogen-bond donors (Lipinski definition) is 0. The van der Waals surface area contributed by atoms with Gasteiger partial charge in [-0.15, -0.1) is 0 Å². The van der Waals surface area contributed by atoms with Crippen molar-refractivity contribution in [2.45, 2.75) is 38.5 Å². The summed E-state index contributed by atoms with van der Waals surface area (Å²) in [5.74, 6) is 0.226. The zero-order valence-corrected chi connectivity index (χ0v) is 11.8. The van der Waals surface area contributed by atoms with Crippen LogP contribution in [0.5, 0.6) is 0 Å². The van der Waals surface area contributed by atoms with Gasteiger partial charge in [0.1, 0.15) is 0 Å². The first kappa shape index (κ1) is 13.1. The summed E-state index contributed by atoms with van der Waals surface area (Å²) in [4.78, 5) is 12.8. The van der Waals surface area contributed by atoms with Gasteiger partial charge in [-0.25, -0.2) is 0 Å². The molecule has 3 rings (SSSR count). The van der Waals surface area contributed by atoms with Crippen LogP contribution in [0.2, 0.25) is 0 Å². The van der Waals surface area contributed by atoms with Crippen LogP contribution in [0.25, 0.3) is 10.8 Å². The van der Waals surface area contributed by atoms with Gasteiger partial charge >= 0.3 is 0 Å². The Hall–Kier alpha value is -1.89. The minimum absolute atomic E-state index is 0.226. The van der Waals surface area contributed by atoms with Gasteiger partial charge in [-0.1, -0.05) is 61.4 Å². The quantitative estimate of drug-likeness (QED) is 0.672. The second kappa shape index (κ2) is 6.04. The summed E-state index contributed by atoms with van der Waals surface area (Å²) >= 11 is 0. The lowest BCUT2D eigenvalue weighted by Gasteiger charge is -2.12. The van der Waals surface area contributed by atoms with E-state index >= 15 is 0 Å². The Kier molecular flexibility index (Phi) is 3.96. The van der Waals surface area contributed by atoms with Crippen molar-refractivity contribution in [3.63, 3.8) is 0 Å². The maximum atomic E-state index is 12.8. The summed E-state index contributed by atoms with van der Waals surface area (Å²) in [6, 6.07) is 14.2. The predicted molar refractivity (Wildman–Crippen MR) is 84.1 cm³/mol. The molecule has 0 fully saturated rings. The fourth-order valence-corrected chi connectivity index (χ4v) is 2.99. The van der Waals surface area contributed by atoms with E-state index in [1.807, 2.05) is 30.3 Å². The molecule has 1 aliphatic rings. The maximum Gasteiger partial charge on any atom is 0.189 e. The molecule has 0 N–H and O–H groups in total. The number of carbonyl (C=O) groups is 1. The SMILES string of the molecule is O=C(/C1=C/CCCCCC1)c1cccc2ccccc12. The van der Waals surface area contributed by atoms with E-state index in [0.717, 1.165) is 41.2 Å². The molecule has 0 bridgehead atoms. The summed E-state index contributed by atoms with van der Waals surface area (Å²) in [5.41, 5.74) is 1.87. The largest absolute Gasteiger partial charge is 0.289 e. The molecule has 2 aromatic rings. The van der Waals surface area contributed by atoms with Gasteiger partial charge in [-0.2, -0.15) is 0 Å². The minimum Gasteiger partial charge on any atom is -0.289 e. The lowest BCUT2D eigenvalue weighted by molar-refractivity contribution is 0.103. The summed E-state index contributed by atoms with van der Waals surface area (Å²) in [7, 11) is 0. The lowest BCUT2D eigenvalue weighted by Crippen LogP contribution is -2.06. The van der Waals surface area contributed by atoms with E-state index in [4.69, 9.17) is 0 Å². The molecule has 1 nitrogen and oxygen atoms in total. The number of allylic oxidation sites excluding steroid dienone is 2. The van der Waals surface area contributed by atoms with E-state index in [1.165, 1.54) is 19.3 Å². The molecule has 0 saturated carbocycles. The molecule has 0 spiro atoms. The highest BCUT2D eigenvalue weighted by molar-refractivity contribution is 6.16. The van der Waals surface area contributed by atoms with Crippen LogP contribution in [0.4, 0.5) is 0 Å². The smallest absolute Gasteiger partial charge is 0.189 e. The van der Waals surface area contributed by atoms with Gasteiger partial charge in [0.25, 0.3) is 0 Å². The van der Waals surface area contributed by atoms with E-state index in [-0.39, 0.29) is 5.78 Å². The number of rotatable bonds is 2. The van der Waals surface area contributed by atoms with Gasteiger partial charge in [0.2, 0.25) is 0 Å². The molecular formula is C19H20O. The minimum atomic E-state index is 0.226. The van der Waals surface area contributed by atoms with E-state index in [1.54, 1.807) is 0 Å². The third-order valence-electron chi connectivity index (χ3n) is 4.12. The van der Waals surface area contributed by atoms with E-state index in [0.29, 0.717) is 0 Å². The van der Waals surface area contributed by atoms with Gasteiger partial charge in [0.15, 0.2) is 5.78 Å². The van der Waals surface area contributed by atoms with Crippen molar-refractivity contribution in [2.24, 2.45) is 0 Å². The standard InChI is InChI=1S/C19H20O/c20-19(16-10-4-2-1-3-5-11-16)18-14-8-12-15-9-6-7-13-17(15)18/h6-10,12-14H,1-5,11H2/b16-10+. The van der Waals surface area contributed by atoms with Crippen molar-refractivity contribution in [2.75, 3.05) is 0 Å². The molecule has 0 aromatic heterocycles. The molecule has 102 valence electrons. The van der Waals surface area contributed by atoms with Crippen LogP contribution in [-0.4, -0.2) is 5.78 Å². The van der Waals surface area contributed by atoms with Crippen molar-refractivity contribution in [1.29, 1.82) is 0 Å². The fraction of sp³-hybridized carbons (Fsp3) is 0.316. The van der Waals surface area contributed by atoms with Crippen LogP contribution in [0.1, 0.15) is 48.9 Å². The highest BCUT2D eigenvalue weighted by Crippen LogP contribution is 2.25. The molecule has 0 heterocycles. The average Bonchev–Trinajstić information content (AvgIpc) is 2.46. The van der Waals surface area contributed by atoms with Crippen molar-refractivity contribution < 1.29 is 4.79 Å². The number of ketones is 1. The second-order valence-electron chi connectivity index (χ2n) is 5.54. The monoisotopic (exact) mass is 264 g/mol. The summed E-state index contributed by atoms with van der Waals surface area (Å²) < 4.78 is 0. The Bertz CT molecular complexity index is 646. The van der Waals surface area contributed by atoms with E-state index < -0.39 is 0 Å². The molecule has 0 radical (unpaired) electrons. The first-order valence-electron chi connectivity index (χ1n) is 7.58. The summed E-state index contributed by atoms with van der Waals surface area (Å²) in [5, 5.41) is 2.22. The van der Waals surface area contributed by atoms with Crippen LogP contribution in [-0.2, 0) is 0 Å². The molecule has 1 heteroatoms. The third-order valence-corrected chi connectivity index (χ3v) is 4.12. The number of benzene rings is 2. The Morgan fingerprint density at radius 2 is 1.65 bits per heavy atom. The Morgan fingerprint density at radius 1 is 0.850 bits per heavy atom. The highest BCUT2D eigenvalue weighted by Gasteiger charge is 2.15. The van der Waals surface area contributed by atoms with Crippen molar-refractivity contribution >= 4 is 16.6 Å². The first-order valence-corrected chi connectivity index (χ1v) is 7.58. The number of carbonyl (C=O) groups excluding carboxylic acids is 1. The van der Waals surface area contributed by atoms with Gasteiger partial charge in [-0.3, -0.25) is 4.79 Å². The Morgan fingerprint density at radius 3 is 2.60 bits per heavy atom. The zero-order valence-electron chi connectivity index (χ0n) is 11.8. The zero-order chi connectivity index (χ0) is 13.8. The Labute approximate surface area is 120 Å². The Balaban J connectivity index is 1.99. The van der Waals surface area contributed by atoms with Gasteiger partial charge in [0.05, 0.1) is 0 Å². The lowest BCUT2D eigenvalue weighted by atomic mass is 9.92. The summed E-state index contributed by atoms with van der Waals surface area (Å²) in [6.45, 7) is 0. The molecule has 1 aliphatic carbocycles. The van der Waals surface area contributed by atoms with Gasteiger partial charge in [-0.05, 0) is 42.0 Å². The normalized spacial score (nSPS) is 18.9. The molecule has 0 atom stereocenters. The summed E-state index contributed by atoms with van der Waals surface area (Å²) in [6.07, 6.45) is 9.05. The fourth-order valence-electron chi connectivity index (χ4n) is 2.99. The number of hydrogen-bond acceptors (Lipinski definition) is 1. The van der Waals surface area contributed by atoms with Crippen LogP contribution < -0.4 is 0 Å². The van der Waals surface area contributed by atoms with Crippen molar-refractivity contribution in [3.05, 3.63) is 59.7 Å². The maximum absolute atomic E-state index is 12.8. The van der Waals surface area contributed by atoms with E-state index in [2.05, 4.69) is 18.2 Å². The first-order chi connectivity index (χ1) is 9.86.